The third kappa shape index (κ3) is 2.50. The van der Waals surface area contributed by atoms with Gasteiger partial charge in [0.05, 0.1) is 0 Å². The zero-order valence-electron chi connectivity index (χ0n) is 8.80. The second-order valence-electron chi connectivity index (χ2n) is 3.97. The predicted octanol–water partition coefficient (Wildman–Crippen LogP) is 4.01. The fourth-order valence-electron chi connectivity index (χ4n) is 1.91. The van der Waals surface area contributed by atoms with Crippen molar-refractivity contribution in [3.8, 4) is 0 Å². The standard InChI is InChI=1S/C13H12ClFO/c14-13-6-5-10(15)8-12(13)9-3-1-2-4-11(16)7-9/h5-8H,1-4H2. The van der Waals surface area contributed by atoms with Crippen LogP contribution in [0.15, 0.2) is 24.3 Å². The maximum Gasteiger partial charge on any atom is 0.155 e. The molecule has 0 aliphatic heterocycles. The lowest BCUT2D eigenvalue weighted by molar-refractivity contribution is -0.114. The summed E-state index contributed by atoms with van der Waals surface area (Å²) in [5.74, 6) is -0.218. The van der Waals surface area contributed by atoms with Crippen LogP contribution in [0.1, 0.15) is 31.2 Å². The van der Waals surface area contributed by atoms with Gasteiger partial charge in [0.1, 0.15) is 5.82 Å². The van der Waals surface area contributed by atoms with Gasteiger partial charge in [0, 0.05) is 11.4 Å². The zero-order valence-corrected chi connectivity index (χ0v) is 9.56. The van der Waals surface area contributed by atoms with E-state index in [2.05, 4.69) is 0 Å². The van der Waals surface area contributed by atoms with Crippen molar-refractivity contribution in [2.24, 2.45) is 0 Å². The van der Waals surface area contributed by atoms with Crippen LogP contribution in [-0.4, -0.2) is 5.78 Å². The van der Waals surface area contributed by atoms with Crippen LogP contribution in [0.3, 0.4) is 0 Å². The van der Waals surface area contributed by atoms with Crippen molar-refractivity contribution in [1.82, 2.24) is 0 Å². The van der Waals surface area contributed by atoms with Crippen LogP contribution in [0.25, 0.3) is 5.57 Å². The van der Waals surface area contributed by atoms with Crippen molar-refractivity contribution in [3.05, 3.63) is 40.7 Å². The Kier molecular flexibility index (Phi) is 3.39. The Labute approximate surface area is 98.9 Å². The summed E-state index contributed by atoms with van der Waals surface area (Å²) in [6.07, 6.45) is 4.81. The van der Waals surface area contributed by atoms with Gasteiger partial charge >= 0.3 is 0 Å². The fourth-order valence-corrected chi connectivity index (χ4v) is 2.15. The number of hydrogen-bond acceptors (Lipinski definition) is 1. The smallest absolute Gasteiger partial charge is 0.155 e. The molecule has 2 rings (SSSR count). The summed E-state index contributed by atoms with van der Waals surface area (Å²) < 4.78 is 13.1. The van der Waals surface area contributed by atoms with Crippen molar-refractivity contribution in [2.45, 2.75) is 25.7 Å². The highest BCUT2D eigenvalue weighted by Crippen LogP contribution is 2.30. The van der Waals surface area contributed by atoms with E-state index in [4.69, 9.17) is 11.6 Å². The fraction of sp³-hybridized carbons (Fsp3) is 0.308. The van der Waals surface area contributed by atoms with Crippen LogP contribution in [0.4, 0.5) is 4.39 Å². The Hall–Kier alpha value is -1.15. The summed E-state index contributed by atoms with van der Waals surface area (Å²) in [5.41, 5.74) is 1.50. The molecule has 0 amide bonds. The van der Waals surface area contributed by atoms with Gasteiger partial charge in [-0.25, -0.2) is 4.39 Å². The SMILES string of the molecule is O=C1C=C(c2cc(F)ccc2Cl)CCCC1. The van der Waals surface area contributed by atoms with E-state index in [-0.39, 0.29) is 11.6 Å². The minimum Gasteiger partial charge on any atom is -0.295 e. The molecule has 0 N–H and O–H groups in total. The van der Waals surface area contributed by atoms with Crippen molar-refractivity contribution in [1.29, 1.82) is 0 Å². The van der Waals surface area contributed by atoms with Gasteiger partial charge in [-0.2, -0.15) is 0 Å². The molecule has 0 unspecified atom stereocenters. The average molecular weight is 239 g/mol. The first-order chi connectivity index (χ1) is 7.66. The largest absolute Gasteiger partial charge is 0.295 e. The molecule has 1 aliphatic rings. The Morgan fingerprint density at radius 1 is 1.19 bits per heavy atom. The molecular formula is C13H12ClFO. The van der Waals surface area contributed by atoms with Crippen molar-refractivity contribution < 1.29 is 9.18 Å². The molecule has 0 aromatic heterocycles. The molecule has 0 atom stereocenters. The number of hydrogen-bond donors (Lipinski definition) is 0. The highest BCUT2D eigenvalue weighted by Gasteiger charge is 2.13. The molecule has 0 saturated carbocycles. The number of benzene rings is 1. The lowest BCUT2D eigenvalue weighted by Gasteiger charge is -2.07. The van der Waals surface area contributed by atoms with Crippen LogP contribution >= 0.6 is 11.6 Å². The first-order valence-electron chi connectivity index (χ1n) is 5.35. The number of allylic oxidation sites excluding steroid dienone is 2. The van der Waals surface area contributed by atoms with Crippen molar-refractivity contribution >= 4 is 23.0 Å². The number of rotatable bonds is 1. The summed E-state index contributed by atoms with van der Waals surface area (Å²) in [7, 11) is 0. The maximum atomic E-state index is 13.1. The van der Waals surface area contributed by atoms with Gasteiger partial charge in [-0.3, -0.25) is 4.79 Å². The summed E-state index contributed by atoms with van der Waals surface area (Å²) in [6.45, 7) is 0. The van der Waals surface area contributed by atoms with Gasteiger partial charge in [-0.15, -0.1) is 0 Å². The molecule has 16 heavy (non-hydrogen) atoms. The monoisotopic (exact) mass is 238 g/mol. The van der Waals surface area contributed by atoms with E-state index in [0.717, 1.165) is 24.8 Å². The molecule has 0 bridgehead atoms. The number of halogens is 2. The van der Waals surface area contributed by atoms with E-state index in [1.54, 1.807) is 6.08 Å². The van der Waals surface area contributed by atoms with Crippen molar-refractivity contribution in [2.75, 3.05) is 0 Å². The van der Waals surface area contributed by atoms with Crippen LogP contribution in [0.2, 0.25) is 5.02 Å². The quantitative estimate of drug-likeness (QED) is 0.723. The normalized spacial score (nSPS) is 16.9. The minimum atomic E-state index is -0.322. The van der Waals surface area contributed by atoms with E-state index in [0.29, 0.717) is 17.0 Å². The lowest BCUT2D eigenvalue weighted by Crippen LogP contribution is -1.92. The van der Waals surface area contributed by atoms with Gasteiger partial charge in [0.25, 0.3) is 0 Å². The Balaban J connectivity index is 2.42. The minimum absolute atomic E-state index is 0.104. The predicted molar refractivity (Wildman–Crippen MR) is 62.9 cm³/mol. The molecule has 3 heteroatoms. The molecule has 1 aliphatic carbocycles. The number of ketones is 1. The summed E-state index contributed by atoms with van der Waals surface area (Å²) in [6, 6.07) is 4.25. The van der Waals surface area contributed by atoms with Gasteiger partial charge in [-0.05, 0) is 54.7 Å². The molecule has 0 spiro atoms. The third-order valence-electron chi connectivity index (χ3n) is 2.73. The topological polar surface area (TPSA) is 17.1 Å². The Morgan fingerprint density at radius 3 is 2.75 bits per heavy atom. The zero-order chi connectivity index (χ0) is 11.5. The molecule has 1 aromatic rings. The second-order valence-corrected chi connectivity index (χ2v) is 4.37. The van der Waals surface area contributed by atoms with E-state index in [1.807, 2.05) is 0 Å². The van der Waals surface area contributed by atoms with Crippen LogP contribution < -0.4 is 0 Å². The average Bonchev–Trinajstić information content (AvgIpc) is 2.46. The molecule has 0 heterocycles. The number of carbonyl (C=O) groups excluding carboxylic acids is 1. The third-order valence-corrected chi connectivity index (χ3v) is 3.06. The summed E-state index contributed by atoms with van der Waals surface area (Å²) in [4.78, 5) is 11.4. The molecule has 0 saturated heterocycles. The molecule has 1 nitrogen and oxygen atoms in total. The van der Waals surface area contributed by atoms with Crippen molar-refractivity contribution in [3.63, 3.8) is 0 Å². The summed E-state index contributed by atoms with van der Waals surface area (Å²) >= 11 is 6.01. The van der Waals surface area contributed by atoms with Gasteiger partial charge in [0.15, 0.2) is 5.78 Å². The van der Waals surface area contributed by atoms with E-state index >= 15 is 0 Å². The van der Waals surface area contributed by atoms with Crippen LogP contribution in [0.5, 0.6) is 0 Å². The van der Waals surface area contributed by atoms with E-state index in [1.165, 1.54) is 18.2 Å². The van der Waals surface area contributed by atoms with Crippen LogP contribution in [-0.2, 0) is 4.79 Å². The van der Waals surface area contributed by atoms with E-state index < -0.39 is 0 Å². The highest BCUT2D eigenvalue weighted by molar-refractivity contribution is 6.32. The highest BCUT2D eigenvalue weighted by atomic mass is 35.5. The summed E-state index contributed by atoms with van der Waals surface area (Å²) in [5, 5.41) is 0.502. The first kappa shape index (κ1) is 11.3. The lowest BCUT2D eigenvalue weighted by atomic mass is 10.0. The molecular weight excluding hydrogens is 227 g/mol. The second kappa shape index (κ2) is 4.79. The van der Waals surface area contributed by atoms with E-state index in [9.17, 15) is 9.18 Å². The first-order valence-corrected chi connectivity index (χ1v) is 5.73. The molecule has 84 valence electrons. The van der Waals surface area contributed by atoms with Gasteiger partial charge in [-0.1, -0.05) is 11.6 Å². The van der Waals surface area contributed by atoms with Crippen LogP contribution in [0, 0.1) is 5.82 Å². The van der Waals surface area contributed by atoms with Gasteiger partial charge in [0.2, 0.25) is 0 Å². The Morgan fingerprint density at radius 2 is 1.94 bits per heavy atom. The molecule has 1 aromatic carbocycles. The Bertz CT molecular complexity index is 451. The maximum absolute atomic E-state index is 13.1. The van der Waals surface area contributed by atoms with Gasteiger partial charge < -0.3 is 0 Å². The molecule has 0 fully saturated rings. The number of carbonyl (C=O) groups is 1. The molecule has 0 radical (unpaired) electrons.